The minimum absolute atomic E-state index is 0.386. The van der Waals surface area contributed by atoms with Crippen molar-refractivity contribution in [3.8, 4) is 0 Å². The van der Waals surface area contributed by atoms with Gasteiger partial charge in [0.2, 0.25) is 5.24 Å². The fourth-order valence-electron chi connectivity index (χ4n) is 0.144. The van der Waals surface area contributed by atoms with E-state index in [1.807, 2.05) is 0 Å². The van der Waals surface area contributed by atoms with E-state index < -0.39 is 5.24 Å². The molecule has 0 bridgehead atoms. The van der Waals surface area contributed by atoms with E-state index in [1.165, 1.54) is 6.42 Å². The molecule has 58 valence electrons. The van der Waals surface area contributed by atoms with Crippen molar-refractivity contribution >= 4 is 16.8 Å². The molecule has 0 N–H and O–H groups in total. The van der Waals surface area contributed by atoms with Gasteiger partial charge in [0, 0.05) is 18.8 Å². The van der Waals surface area contributed by atoms with Gasteiger partial charge in [-0.15, -0.1) is 0 Å². The first-order valence-electron chi connectivity index (χ1n) is 3.07. The van der Waals surface area contributed by atoms with E-state index in [0.717, 1.165) is 13.2 Å². The van der Waals surface area contributed by atoms with Gasteiger partial charge in [-0.1, -0.05) is 6.58 Å². The molecule has 0 aliphatic carbocycles. The summed E-state index contributed by atoms with van der Waals surface area (Å²) in [6.45, 7) is 6.84. The van der Waals surface area contributed by atoms with Crippen LogP contribution in [0.5, 0.6) is 0 Å². The molecular weight excluding hydrogens is 152 g/mol. The Labute approximate surface area is 65.8 Å². The summed E-state index contributed by atoms with van der Waals surface area (Å²) in [5, 5.41) is -0.463. The first-order valence-corrected chi connectivity index (χ1v) is 3.45. The standard InChI is InChI=1S/C4H5ClO.C3H6O/c1-3(2)4(5)6;1-2-4-3-1/h1H2,2H3;1-3H2. The summed E-state index contributed by atoms with van der Waals surface area (Å²) >= 11 is 4.87. The first kappa shape index (κ1) is 9.66. The third-order valence-corrected chi connectivity index (χ3v) is 1.24. The van der Waals surface area contributed by atoms with Crippen molar-refractivity contribution in [2.45, 2.75) is 13.3 Å². The largest absolute Gasteiger partial charge is 0.381 e. The van der Waals surface area contributed by atoms with Gasteiger partial charge in [0.05, 0.1) is 0 Å². The fraction of sp³-hybridized carbons (Fsp3) is 0.571. The highest BCUT2D eigenvalue weighted by Crippen LogP contribution is 1.93. The van der Waals surface area contributed by atoms with Crippen LogP contribution in [0.2, 0.25) is 0 Å². The lowest BCUT2D eigenvalue weighted by molar-refractivity contribution is -0.108. The number of halogens is 1. The van der Waals surface area contributed by atoms with E-state index >= 15 is 0 Å². The monoisotopic (exact) mass is 162 g/mol. The zero-order valence-electron chi connectivity index (χ0n) is 6.02. The highest BCUT2D eigenvalue weighted by atomic mass is 35.5. The van der Waals surface area contributed by atoms with Crippen LogP contribution >= 0.6 is 11.6 Å². The van der Waals surface area contributed by atoms with E-state index in [9.17, 15) is 4.79 Å². The van der Waals surface area contributed by atoms with Gasteiger partial charge in [-0.3, -0.25) is 4.79 Å². The number of carbonyl (C=O) groups is 1. The van der Waals surface area contributed by atoms with Crippen molar-refractivity contribution in [1.29, 1.82) is 0 Å². The summed E-state index contributed by atoms with van der Waals surface area (Å²) in [6, 6.07) is 0. The summed E-state index contributed by atoms with van der Waals surface area (Å²) in [4.78, 5) is 9.81. The van der Waals surface area contributed by atoms with Crippen LogP contribution in [0, 0.1) is 0 Å². The maximum absolute atomic E-state index is 9.81. The Morgan fingerprint density at radius 1 is 1.60 bits per heavy atom. The number of allylic oxidation sites excluding steroid dienone is 1. The van der Waals surface area contributed by atoms with Crippen molar-refractivity contribution in [1.82, 2.24) is 0 Å². The summed E-state index contributed by atoms with van der Waals surface area (Å²) in [7, 11) is 0. The van der Waals surface area contributed by atoms with Crippen LogP contribution < -0.4 is 0 Å². The van der Waals surface area contributed by atoms with E-state index in [2.05, 4.69) is 6.58 Å². The van der Waals surface area contributed by atoms with Crippen molar-refractivity contribution in [2.75, 3.05) is 13.2 Å². The van der Waals surface area contributed by atoms with Gasteiger partial charge in [0.15, 0.2) is 0 Å². The molecule has 3 heteroatoms. The second kappa shape index (κ2) is 5.45. The van der Waals surface area contributed by atoms with Crippen LogP contribution in [0.15, 0.2) is 12.2 Å². The minimum Gasteiger partial charge on any atom is -0.381 e. The zero-order chi connectivity index (χ0) is 7.98. The predicted molar refractivity (Wildman–Crippen MR) is 41.1 cm³/mol. The van der Waals surface area contributed by atoms with E-state index in [0.29, 0.717) is 5.57 Å². The first-order chi connectivity index (χ1) is 4.64. The lowest BCUT2D eigenvalue weighted by Gasteiger charge is -2.09. The Balaban J connectivity index is 0.000000172. The van der Waals surface area contributed by atoms with Gasteiger partial charge in [0.25, 0.3) is 0 Å². The molecule has 0 saturated carbocycles. The zero-order valence-corrected chi connectivity index (χ0v) is 6.78. The molecule has 0 aromatic rings. The second-order valence-electron chi connectivity index (χ2n) is 2.02. The molecule has 1 rings (SSSR count). The fourth-order valence-corrected chi connectivity index (χ4v) is 0.144. The lowest BCUT2D eigenvalue weighted by Crippen LogP contribution is -2.09. The smallest absolute Gasteiger partial charge is 0.247 e. The number of rotatable bonds is 1. The molecule has 0 atom stereocenters. The Kier molecular flexibility index (Phi) is 5.26. The van der Waals surface area contributed by atoms with E-state index in [4.69, 9.17) is 16.3 Å². The van der Waals surface area contributed by atoms with Crippen LogP contribution in [0.25, 0.3) is 0 Å². The Morgan fingerprint density at radius 2 is 1.80 bits per heavy atom. The van der Waals surface area contributed by atoms with Crippen LogP contribution in [-0.4, -0.2) is 18.5 Å². The number of hydrogen-bond donors (Lipinski definition) is 0. The van der Waals surface area contributed by atoms with Crippen molar-refractivity contribution in [3.05, 3.63) is 12.2 Å². The van der Waals surface area contributed by atoms with Gasteiger partial charge in [-0.25, -0.2) is 0 Å². The molecule has 0 aromatic heterocycles. The summed E-state index contributed by atoms with van der Waals surface area (Å²) in [5.74, 6) is 0. The van der Waals surface area contributed by atoms with Gasteiger partial charge in [0.1, 0.15) is 0 Å². The van der Waals surface area contributed by atoms with Crippen LogP contribution in [-0.2, 0) is 9.53 Å². The molecule has 1 aliphatic heterocycles. The lowest BCUT2D eigenvalue weighted by atomic mass is 10.4. The molecule has 1 aliphatic rings. The van der Waals surface area contributed by atoms with E-state index in [-0.39, 0.29) is 0 Å². The molecule has 1 fully saturated rings. The Hall–Kier alpha value is -0.340. The molecule has 0 unspecified atom stereocenters. The topological polar surface area (TPSA) is 26.3 Å². The minimum atomic E-state index is -0.463. The van der Waals surface area contributed by atoms with E-state index in [1.54, 1.807) is 6.92 Å². The third-order valence-electron chi connectivity index (χ3n) is 0.913. The highest BCUT2D eigenvalue weighted by Gasteiger charge is 1.94. The quantitative estimate of drug-likeness (QED) is 0.434. The molecule has 10 heavy (non-hydrogen) atoms. The van der Waals surface area contributed by atoms with Gasteiger partial charge < -0.3 is 4.74 Å². The number of hydrogen-bond acceptors (Lipinski definition) is 2. The Bertz CT molecular complexity index is 112. The average Bonchev–Trinajstić information content (AvgIpc) is 1.59. The van der Waals surface area contributed by atoms with Gasteiger partial charge >= 0.3 is 0 Å². The molecule has 0 radical (unpaired) electrons. The molecule has 0 spiro atoms. The van der Waals surface area contributed by atoms with Crippen molar-refractivity contribution < 1.29 is 9.53 Å². The van der Waals surface area contributed by atoms with Crippen molar-refractivity contribution in [2.24, 2.45) is 0 Å². The van der Waals surface area contributed by atoms with Gasteiger partial charge in [-0.05, 0) is 24.9 Å². The summed E-state index contributed by atoms with van der Waals surface area (Å²) in [6.07, 6.45) is 1.28. The predicted octanol–water partition coefficient (Wildman–Crippen LogP) is 1.73. The number of carbonyl (C=O) groups excluding carboxylic acids is 1. The summed E-state index contributed by atoms with van der Waals surface area (Å²) < 4.78 is 4.72. The third kappa shape index (κ3) is 5.79. The maximum atomic E-state index is 9.81. The maximum Gasteiger partial charge on any atom is 0.247 e. The SMILES string of the molecule is C1COC1.C=C(C)C(=O)Cl. The summed E-state index contributed by atoms with van der Waals surface area (Å²) in [5.41, 5.74) is 0.386. The van der Waals surface area contributed by atoms with Crippen LogP contribution in [0.1, 0.15) is 13.3 Å². The second-order valence-corrected chi connectivity index (χ2v) is 2.36. The molecule has 2 nitrogen and oxygen atoms in total. The van der Waals surface area contributed by atoms with Crippen LogP contribution in [0.3, 0.4) is 0 Å². The number of ether oxygens (including phenoxy) is 1. The van der Waals surface area contributed by atoms with Crippen molar-refractivity contribution in [3.63, 3.8) is 0 Å². The Morgan fingerprint density at radius 3 is 1.80 bits per heavy atom. The molecular formula is C7H11ClO2. The van der Waals surface area contributed by atoms with Gasteiger partial charge in [-0.2, -0.15) is 0 Å². The molecule has 1 saturated heterocycles. The molecule has 0 amide bonds. The normalized spacial score (nSPS) is 14.2. The van der Waals surface area contributed by atoms with Crippen LogP contribution in [0.4, 0.5) is 0 Å². The molecule has 1 heterocycles. The highest BCUT2D eigenvalue weighted by molar-refractivity contribution is 6.67. The molecule has 0 aromatic carbocycles. The average molecular weight is 163 g/mol.